The third kappa shape index (κ3) is 3.82. The Balaban J connectivity index is 1.45. The average molecular weight is 414 g/mol. The molecule has 0 bridgehead atoms. The van der Waals surface area contributed by atoms with E-state index < -0.39 is 0 Å². The van der Waals surface area contributed by atoms with Crippen molar-refractivity contribution in [3.63, 3.8) is 0 Å². The number of nitrogens with one attached hydrogen (secondary N) is 1. The maximum Gasteiger partial charge on any atom is 0.322 e. The van der Waals surface area contributed by atoms with Crippen molar-refractivity contribution < 1.29 is 9.53 Å². The number of fused-ring (bicyclic) bond motifs is 1. The van der Waals surface area contributed by atoms with E-state index in [0.29, 0.717) is 29.5 Å². The SMILES string of the molecule is CCn1c(N2CCN(C(=O)Nc3cc(Cl)ccc3OC)CC2)nc2ccccc21. The molecule has 0 saturated carbocycles. The number of hydrogen-bond acceptors (Lipinski definition) is 4. The Hall–Kier alpha value is -2.93. The number of methoxy groups -OCH3 is 1. The highest BCUT2D eigenvalue weighted by Crippen LogP contribution is 2.28. The predicted octanol–water partition coefficient (Wildman–Crippen LogP) is 4.07. The van der Waals surface area contributed by atoms with Gasteiger partial charge in [0, 0.05) is 37.7 Å². The van der Waals surface area contributed by atoms with Crippen LogP contribution in [0.4, 0.5) is 16.4 Å². The van der Waals surface area contributed by atoms with Crippen molar-refractivity contribution in [2.75, 3.05) is 43.5 Å². The van der Waals surface area contributed by atoms with Gasteiger partial charge in [-0.3, -0.25) is 0 Å². The zero-order valence-electron chi connectivity index (χ0n) is 16.6. The minimum Gasteiger partial charge on any atom is -0.495 e. The van der Waals surface area contributed by atoms with Crippen molar-refractivity contribution >= 4 is 40.3 Å². The number of benzene rings is 2. The summed E-state index contributed by atoms with van der Waals surface area (Å²) in [5, 5.41) is 3.45. The third-order valence-electron chi connectivity index (χ3n) is 5.20. The Bertz CT molecular complexity index is 1030. The van der Waals surface area contributed by atoms with Gasteiger partial charge < -0.3 is 24.4 Å². The smallest absolute Gasteiger partial charge is 0.322 e. The number of para-hydroxylation sites is 2. The molecule has 1 aromatic heterocycles. The van der Waals surface area contributed by atoms with Crippen LogP contribution in [0.5, 0.6) is 5.75 Å². The zero-order chi connectivity index (χ0) is 20.4. The van der Waals surface area contributed by atoms with Crippen LogP contribution in [0.1, 0.15) is 6.92 Å². The Labute approximate surface area is 174 Å². The molecule has 1 saturated heterocycles. The van der Waals surface area contributed by atoms with Crippen LogP contribution in [0.3, 0.4) is 0 Å². The summed E-state index contributed by atoms with van der Waals surface area (Å²) in [4.78, 5) is 21.6. The van der Waals surface area contributed by atoms with Crippen molar-refractivity contribution in [2.45, 2.75) is 13.5 Å². The zero-order valence-corrected chi connectivity index (χ0v) is 17.3. The van der Waals surface area contributed by atoms with E-state index in [9.17, 15) is 4.79 Å². The van der Waals surface area contributed by atoms with Crippen LogP contribution < -0.4 is 15.0 Å². The quantitative estimate of drug-likeness (QED) is 0.700. The number of nitrogens with zero attached hydrogens (tertiary/aromatic N) is 4. The molecule has 1 aliphatic rings. The number of anilines is 2. The van der Waals surface area contributed by atoms with Gasteiger partial charge in [0.15, 0.2) is 0 Å². The van der Waals surface area contributed by atoms with E-state index in [4.69, 9.17) is 21.3 Å². The molecule has 7 nitrogen and oxygen atoms in total. The fourth-order valence-corrected chi connectivity index (χ4v) is 3.87. The molecule has 3 aromatic rings. The second kappa shape index (κ2) is 8.21. The maximum atomic E-state index is 12.7. The molecule has 1 N–H and O–H groups in total. The molecule has 1 aliphatic heterocycles. The Kier molecular flexibility index (Phi) is 5.49. The number of halogens is 1. The number of ether oxygens (including phenoxy) is 1. The van der Waals surface area contributed by atoms with E-state index in [1.807, 2.05) is 18.2 Å². The van der Waals surface area contributed by atoms with Crippen LogP contribution in [0.2, 0.25) is 5.02 Å². The van der Waals surface area contributed by atoms with Crippen LogP contribution >= 0.6 is 11.6 Å². The number of rotatable bonds is 4. The molecule has 0 unspecified atom stereocenters. The second-order valence-electron chi connectivity index (χ2n) is 6.89. The maximum absolute atomic E-state index is 12.7. The van der Waals surface area contributed by atoms with Crippen LogP contribution in [0, 0.1) is 0 Å². The van der Waals surface area contributed by atoms with Gasteiger partial charge in [0.2, 0.25) is 5.95 Å². The molecule has 0 aliphatic carbocycles. The monoisotopic (exact) mass is 413 g/mol. The minimum atomic E-state index is -0.158. The first-order valence-corrected chi connectivity index (χ1v) is 10.1. The lowest BCUT2D eigenvalue weighted by Crippen LogP contribution is -2.50. The molecule has 1 fully saturated rings. The highest BCUT2D eigenvalue weighted by molar-refractivity contribution is 6.31. The highest BCUT2D eigenvalue weighted by atomic mass is 35.5. The number of piperazine rings is 1. The minimum absolute atomic E-state index is 0.158. The van der Waals surface area contributed by atoms with Crippen LogP contribution in [-0.4, -0.2) is 53.8 Å². The first kappa shape index (κ1) is 19.4. The van der Waals surface area contributed by atoms with Crippen molar-refractivity contribution in [1.29, 1.82) is 0 Å². The summed E-state index contributed by atoms with van der Waals surface area (Å²) in [5.74, 6) is 1.54. The van der Waals surface area contributed by atoms with E-state index in [1.165, 1.54) is 0 Å². The van der Waals surface area contributed by atoms with E-state index in [2.05, 4.69) is 27.8 Å². The largest absolute Gasteiger partial charge is 0.495 e. The molecule has 2 amide bonds. The Morgan fingerprint density at radius 2 is 1.93 bits per heavy atom. The molecule has 8 heteroatoms. The Morgan fingerprint density at radius 1 is 1.17 bits per heavy atom. The molecular formula is C21H24ClN5O2. The second-order valence-corrected chi connectivity index (χ2v) is 7.33. The van der Waals surface area contributed by atoms with Crippen molar-refractivity contribution in [3.05, 3.63) is 47.5 Å². The van der Waals surface area contributed by atoms with Gasteiger partial charge in [0.1, 0.15) is 5.75 Å². The summed E-state index contributed by atoms with van der Waals surface area (Å²) < 4.78 is 7.53. The van der Waals surface area contributed by atoms with E-state index in [-0.39, 0.29) is 6.03 Å². The molecule has 2 aromatic carbocycles. The number of urea groups is 1. The third-order valence-corrected chi connectivity index (χ3v) is 5.44. The van der Waals surface area contributed by atoms with Gasteiger partial charge in [-0.15, -0.1) is 0 Å². The van der Waals surface area contributed by atoms with Gasteiger partial charge in [0.25, 0.3) is 0 Å². The summed E-state index contributed by atoms with van der Waals surface area (Å²) in [7, 11) is 1.57. The van der Waals surface area contributed by atoms with Gasteiger partial charge in [-0.25, -0.2) is 9.78 Å². The van der Waals surface area contributed by atoms with E-state index >= 15 is 0 Å². The molecule has 0 spiro atoms. The lowest BCUT2D eigenvalue weighted by atomic mass is 10.3. The van der Waals surface area contributed by atoms with Gasteiger partial charge in [-0.2, -0.15) is 0 Å². The normalized spacial score (nSPS) is 14.3. The standard InChI is InChI=1S/C21H24ClN5O2/c1-3-27-18-7-5-4-6-16(18)23-20(27)25-10-12-26(13-11-25)21(28)24-17-14-15(22)8-9-19(17)29-2/h4-9,14H,3,10-13H2,1-2H3,(H,24,28). The first-order chi connectivity index (χ1) is 14.1. The van der Waals surface area contributed by atoms with E-state index in [0.717, 1.165) is 36.6 Å². The average Bonchev–Trinajstić information content (AvgIpc) is 3.12. The summed E-state index contributed by atoms with van der Waals surface area (Å²) in [6.45, 7) is 5.65. The molecule has 29 heavy (non-hydrogen) atoms. The molecule has 2 heterocycles. The number of imidazole rings is 1. The Morgan fingerprint density at radius 3 is 2.66 bits per heavy atom. The van der Waals surface area contributed by atoms with Gasteiger partial charge >= 0.3 is 6.03 Å². The fraction of sp³-hybridized carbons (Fsp3) is 0.333. The molecular weight excluding hydrogens is 390 g/mol. The van der Waals surface area contributed by atoms with Gasteiger partial charge in [-0.1, -0.05) is 23.7 Å². The fourth-order valence-electron chi connectivity index (χ4n) is 3.70. The number of aryl methyl sites for hydroxylation is 1. The number of carbonyl (C=O) groups excluding carboxylic acids is 1. The van der Waals surface area contributed by atoms with Crippen molar-refractivity contribution in [2.24, 2.45) is 0 Å². The summed E-state index contributed by atoms with van der Waals surface area (Å²) in [6.07, 6.45) is 0. The summed E-state index contributed by atoms with van der Waals surface area (Å²) in [5.41, 5.74) is 2.70. The van der Waals surface area contributed by atoms with Crippen molar-refractivity contribution in [1.82, 2.24) is 14.5 Å². The van der Waals surface area contributed by atoms with Crippen LogP contribution in [0.25, 0.3) is 11.0 Å². The molecule has 152 valence electrons. The first-order valence-electron chi connectivity index (χ1n) is 9.70. The van der Waals surface area contributed by atoms with Gasteiger partial charge in [0.05, 0.1) is 23.8 Å². The number of hydrogen-bond donors (Lipinski definition) is 1. The van der Waals surface area contributed by atoms with Crippen LogP contribution in [-0.2, 0) is 6.54 Å². The lowest BCUT2D eigenvalue weighted by molar-refractivity contribution is 0.207. The van der Waals surface area contributed by atoms with Crippen LogP contribution in [0.15, 0.2) is 42.5 Å². The molecule has 0 radical (unpaired) electrons. The molecule has 0 atom stereocenters. The topological polar surface area (TPSA) is 62.6 Å². The summed E-state index contributed by atoms with van der Waals surface area (Å²) >= 11 is 6.06. The lowest BCUT2D eigenvalue weighted by Gasteiger charge is -2.35. The predicted molar refractivity (Wildman–Crippen MR) is 116 cm³/mol. The van der Waals surface area contributed by atoms with Gasteiger partial charge in [-0.05, 0) is 37.3 Å². The molecule has 4 rings (SSSR count). The summed E-state index contributed by atoms with van der Waals surface area (Å²) in [6, 6.07) is 13.2. The highest BCUT2D eigenvalue weighted by Gasteiger charge is 2.25. The number of carbonyl (C=O) groups is 1. The number of aromatic nitrogens is 2. The number of amides is 2. The van der Waals surface area contributed by atoms with Crippen molar-refractivity contribution in [3.8, 4) is 5.75 Å². The van der Waals surface area contributed by atoms with E-state index in [1.54, 1.807) is 30.2 Å².